The Labute approximate surface area is 110 Å². The van der Waals surface area contributed by atoms with Gasteiger partial charge in [0.15, 0.2) is 0 Å². The van der Waals surface area contributed by atoms with Crippen molar-refractivity contribution in [2.45, 2.75) is 13.8 Å². The summed E-state index contributed by atoms with van der Waals surface area (Å²) in [5.74, 6) is -1.40. The number of hydrogen-bond acceptors (Lipinski definition) is 3. The standard InChI is InChI=1S/C14H15NO4/c1-8-4-5-9(2)15(8)10-6-11(16)13(14(17)18)12(7-10)19-3/h4-7,16H,1-3H3,(H,17,18). The summed E-state index contributed by atoms with van der Waals surface area (Å²) in [6, 6.07) is 6.92. The summed E-state index contributed by atoms with van der Waals surface area (Å²) in [5.41, 5.74) is 2.41. The number of nitrogens with zero attached hydrogens (tertiary/aromatic N) is 1. The molecule has 0 saturated heterocycles. The Balaban J connectivity index is 2.68. The van der Waals surface area contributed by atoms with Crippen LogP contribution in [0.1, 0.15) is 21.7 Å². The Bertz CT molecular complexity index is 624. The van der Waals surface area contributed by atoms with E-state index >= 15 is 0 Å². The second-order valence-electron chi connectivity index (χ2n) is 4.30. The molecule has 100 valence electrons. The summed E-state index contributed by atoms with van der Waals surface area (Å²) in [4.78, 5) is 11.1. The van der Waals surface area contributed by atoms with Crippen LogP contribution < -0.4 is 4.74 Å². The molecule has 2 aromatic rings. The molecule has 0 amide bonds. The summed E-state index contributed by atoms with van der Waals surface area (Å²) in [6.45, 7) is 3.86. The van der Waals surface area contributed by atoms with Crippen LogP contribution in [-0.4, -0.2) is 27.9 Å². The van der Waals surface area contributed by atoms with Crippen LogP contribution in [0, 0.1) is 13.8 Å². The molecule has 5 nitrogen and oxygen atoms in total. The van der Waals surface area contributed by atoms with Crippen LogP contribution in [0.5, 0.6) is 11.5 Å². The van der Waals surface area contributed by atoms with Gasteiger partial charge in [0.25, 0.3) is 0 Å². The molecule has 0 unspecified atom stereocenters. The predicted molar refractivity (Wildman–Crippen MR) is 70.4 cm³/mol. The molecule has 0 radical (unpaired) electrons. The van der Waals surface area contributed by atoms with E-state index < -0.39 is 5.97 Å². The quantitative estimate of drug-likeness (QED) is 0.890. The number of ether oxygens (including phenoxy) is 1. The smallest absolute Gasteiger partial charge is 0.343 e. The van der Waals surface area contributed by atoms with Gasteiger partial charge in [-0.05, 0) is 26.0 Å². The normalized spacial score (nSPS) is 10.5. The minimum absolute atomic E-state index is 0.134. The summed E-state index contributed by atoms with van der Waals surface area (Å²) < 4.78 is 6.96. The molecule has 0 saturated carbocycles. The number of aromatic nitrogens is 1. The van der Waals surface area contributed by atoms with Crippen LogP contribution in [0.3, 0.4) is 0 Å². The van der Waals surface area contributed by atoms with Crippen molar-refractivity contribution in [3.8, 4) is 17.2 Å². The third kappa shape index (κ3) is 2.14. The average Bonchev–Trinajstić information content (AvgIpc) is 2.67. The number of carbonyl (C=O) groups is 1. The van der Waals surface area contributed by atoms with Crippen LogP contribution in [0.4, 0.5) is 0 Å². The number of phenols is 1. The number of aryl methyl sites for hydroxylation is 2. The Kier molecular flexibility index (Phi) is 3.21. The van der Waals surface area contributed by atoms with E-state index in [0.717, 1.165) is 11.4 Å². The van der Waals surface area contributed by atoms with Gasteiger partial charge in [-0.2, -0.15) is 0 Å². The third-order valence-corrected chi connectivity index (χ3v) is 3.03. The number of rotatable bonds is 3. The van der Waals surface area contributed by atoms with Crippen molar-refractivity contribution >= 4 is 5.97 Å². The average molecular weight is 261 g/mol. The molecule has 0 spiro atoms. The monoisotopic (exact) mass is 261 g/mol. The lowest BCUT2D eigenvalue weighted by Gasteiger charge is -2.14. The van der Waals surface area contributed by atoms with Crippen molar-refractivity contribution in [2.75, 3.05) is 7.11 Å². The summed E-state index contributed by atoms with van der Waals surface area (Å²) in [6.07, 6.45) is 0. The van der Waals surface area contributed by atoms with Gasteiger partial charge in [0.2, 0.25) is 0 Å². The van der Waals surface area contributed by atoms with E-state index in [1.54, 1.807) is 6.07 Å². The molecule has 2 N–H and O–H groups in total. The highest BCUT2D eigenvalue weighted by Gasteiger charge is 2.19. The Morgan fingerprint density at radius 3 is 2.26 bits per heavy atom. The van der Waals surface area contributed by atoms with Gasteiger partial charge in [-0.3, -0.25) is 0 Å². The lowest BCUT2D eigenvalue weighted by atomic mass is 10.1. The maximum atomic E-state index is 11.1. The summed E-state index contributed by atoms with van der Waals surface area (Å²) in [7, 11) is 1.38. The zero-order valence-electron chi connectivity index (χ0n) is 11.0. The van der Waals surface area contributed by atoms with Crippen molar-refractivity contribution in [1.29, 1.82) is 0 Å². The minimum Gasteiger partial charge on any atom is -0.507 e. The van der Waals surface area contributed by atoms with Crippen LogP contribution in [0.25, 0.3) is 5.69 Å². The van der Waals surface area contributed by atoms with Gasteiger partial charge in [-0.1, -0.05) is 0 Å². The van der Waals surface area contributed by atoms with Crippen LogP contribution >= 0.6 is 0 Å². The van der Waals surface area contributed by atoms with E-state index in [0.29, 0.717) is 5.69 Å². The van der Waals surface area contributed by atoms with Crippen LogP contribution in [0.15, 0.2) is 24.3 Å². The van der Waals surface area contributed by atoms with E-state index in [1.165, 1.54) is 13.2 Å². The number of aromatic hydroxyl groups is 1. The summed E-state index contributed by atoms with van der Waals surface area (Å²) >= 11 is 0. The van der Waals surface area contributed by atoms with E-state index in [2.05, 4.69) is 0 Å². The van der Waals surface area contributed by atoms with Crippen LogP contribution in [0.2, 0.25) is 0 Å². The van der Waals surface area contributed by atoms with Gasteiger partial charge in [-0.15, -0.1) is 0 Å². The largest absolute Gasteiger partial charge is 0.507 e. The first kappa shape index (κ1) is 13.0. The first-order valence-electron chi connectivity index (χ1n) is 5.75. The molecule has 0 aliphatic heterocycles. The number of hydrogen-bond donors (Lipinski definition) is 2. The van der Waals surface area contributed by atoms with Crippen molar-refractivity contribution in [2.24, 2.45) is 0 Å². The maximum absolute atomic E-state index is 11.1. The fourth-order valence-electron chi connectivity index (χ4n) is 2.17. The number of carboxylic acids is 1. The molecule has 0 fully saturated rings. The van der Waals surface area contributed by atoms with Crippen molar-refractivity contribution < 1.29 is 19.7 Å². The second-order valence-corrected chi connectivity index (χ2v) is 4.30. The third-order valence-electron chi connectivity index (χ3n) is 3.03. The SMILES string of the molecule is COc1cc(-n2c(C)ccc2C)cc(O)c1C(=O)O. The summed E-state index contributed by atoms with van der Waals surface area (Å²) in [5, 5.41) is 18.9. The number of benzene rings is 1. The molecule has 1 heterocycles. The van der Waals surface area contributed by atoms with E-state index in [4.69, 9.17) is 9.84 Å². The van der Waals surface area contributed by atoms with Crippen molar-refractivity contribution in [1.82, 2.24) is 4.57 Å². The molecule has 2 rings (SSSR count). The topological polar surface area (TPSA) is 71.7 Å². The fourth-order valence-corrected chi connectivity index (χ4v) is 2.17. The molecule has 0 bridgehead atoms. The van der Waals surface area contributed by atoms with Gasteiger partial charge in [0.05, 0.1) is 12.8 Å². The highest BCUT2D eigenvalue weighted by molar-refractivity contribution is 5.94. The first-order chi connectivity index (χ1) is 8.95. The molecule has 0 atom stereocenters. The molecule has 1 aromatic heterocycles. The number of carboxylic acid groups (broad SMARTS) is 1. The second kappa shape index (κ2) is 4.68. The number of aromatic carboxylic acids is 1. The van der Waals surface area contributed by atoms with Gasteiger partial charge in [-0.25, -0.2) is 4.79 Å². The molecule has 1 aromatic carbocycles. The molecule has 5 heteroatoms. The molecular formula is C14H15NO4. The van der Waals surface area contributed by atoms with Gasteiger partial charge in [0, 0.05) is 23.5 Å². The van der Waals surface area contributed by atoms with Gasteiger partial charge >= 0.3 is 5.97 Å². The lowest BCUT2D eigenvalue weighted by molar-refractivity contribution is 0.0690. The molecule has 19 heavy (non-hydrogen) atoms. The zero-order valence-corrected chi connectivity index (χ0v) is 11.0. The Morgan fingerprint density at radius 2 is 1.79 bits per heavy atom. The Morgan fingerprint density at radius 1 is 1.21 bits per heavy atom. The van der Waals surface area contributed by atoms with Gasteiger partial charge < -0.3 is 19.5 Å². The fraction of sp³-hybridized carbons (Fsp3) is 0.214. The highest BCUT2D eigenvalue weighted by atomic mass is 16.5. The zero-order chi connectivity index (χ0) is 14.2. The molecule has 0 aliphatic rings. The van der Waals surface area contributed by atoms with Crippen LogP contribution in [-0.2, 0) is 0 Å². The highest BCUT2D eigenvalue weighted by Crippen LogP contribution is 2.32. The Hall–Kier alpha value is -2.43. The first-order valence-corrected chi connectivity index (χ1v) is 5.75. The maximum Gasteiger partial charge on any atom is 0.343 e. The lowest BCUT2D eigenvalue weighted by Crippen LogP contribution is -2.04. The minimum atomic E-state index is -1.22. The van der Waals surface area contributed by atoms with E-state index in [1.807, 2.05) is 30.5 Å². The number of methoxy groups -OCH3 is 1. The van der Waals surface area contributed by atoms with E-state index in [-0.39, 0.29) is 17.1 Å². The molecular weight excluding hydrogens is 246 g/mol. The van der Waals surface area contributed by atoms with Crippen molar-refractivity contribution in [3.63, 3.8) is 0 Å². The molecule has 0 aliphatic carbocycles. The predicted octanol–water partition coefficient (Wildman–Crippen LogP) is 2.51. The van der Waals surface area contributed by atoms with Crippen molar-refractivity contribution in [3.05, 3.63) is 41.2 Å². The van der Waals surface area contributed by atoms with Gasteiger partial charge in [0.1, 0.15) is 17.1 Å². The van der Waals surface area contributed by atoms with E-state index in [9.17, 15) is 9.90 Å².